The Bertz CT molecular complexity index is 147. The molecule has 2 atom stereocenters. The first-order valence-electron chi connectivity index (χ1n) is 3.54. The Kier molecular flexibility index (Phi) is 2.06. The van der Waals surface area contributed by atoms with Crippen molar-refractivity contribution in [1.29, 1.82) is 0 Å². The van der Waals surface area contributed by atoms with Crippen molar-refractivity contribution in [2.24, 2.45) is 0 Å². The van der Waals surface area contributed by atoms with E-state index in [1.807, 2.05) is 18.9 Å². The van der Waals surface area contributed by atoms with Gasteiger partial charge in [-0.05, 0) is 14.0 Å². The molecular weight excluding hydrogens is 130 g/mol. The van der Waals surface area contributed by atoms with Crippen LogP contribution in [0.15, 0.2) is 0 Å². The standard InChI is InChI=1S/C7H13NO2/c1-5-7(10)6(9)3-4-8(5)2/h5,7,10H,3-4H2,1-2H3. The number of carbonyl (C=O) groups is 1. The second kappa shape index (κ2) is 2.68. The number of likely N-dealkylation sites (tertiary alicyclic amines) is 1. The fraction of sp³-hybridized carbons (Fsp3) is 0.857. The molecule has 0 bridgehead atoms. The fourth-order valence-corrected chi connectivity index (χ4v) is 1.15. The fourth-order valence-electron chi connectivity index (χ4n) is 1.15. The van der Waals surface area contributed by atoms with Crippen LogP contribution in [0.2, 0.25) is 0 Å². The van der Waals surface area contributed by atoms with Crippen molar-refractivity contribution in [2.45, 2.75) is 25.5 Å². The van der Waals surface area contributed by atoms with Crippen LogP contribution in [0.25, 0.3) is 0 Å². The molecule has 1 N–H and O–H groups in total. The van der Waals surface area contributed by atoms with Crippen LogP contribution >= 0.6 is 0 Å². The maximum absolute atomic E-state index is 10.9. The Labute approximate surface area is 60.6 Å². The third kappa shape index (κ3) is 1.20. The van der Waals surface area contributed by atoms with Crippen molar-refractivity contribution in [3.63, 3.8) is 0 Å². The maximum Gasteiger partial charge on any atom is 0.164 e. The molecule has 0 aromatic carbocycles. The molecule has 2 unspecified atom stereocenters. The van der Waals surface area contributed by atoms with Gasteiger partial charge in [0, 0.05) is 19.0 Å². The van der Waals surface area contributed by atoms with Gasteiger partial charge in [0.25, 0.3) is 0 Å². The Morgan fingerprint density at radius 1 is 1.70 bits per heavy atom. The van der Waals surface area contributed by atoms with Crippen molar-refractivity contribution in [3.05, 3.63) is 0 Å². The van der Waals surface area contributed by atoms with Crippen LogP contribution in [0.4, 0.5) is 0 Å². The highest BCUT2D eigenvalue weighted by atomic mass is 16.3. The number of aliphatic hydroxyl groups excluding tert-OH is 1. The van der Waals surface area contributed by atoms with Gasteiger partial charge in [0.15, 0.2) is 5.78 Å². The number of Topliss-reactive ketones (excluding diaryl/α,β-unsaturated/α-hetero) is 1. The number of aliphatic hydroxyl groups is 1. The van der Waals surface area contributed by atoms with E-state index in [0.717, 1.165) is 6.54 Å². The van der Waals surface area contributed by atoms with Crippen LogP contribution < -0.4 is 0 Å². The molecule has 1 saturated heterocycles. The minimum absolute atomic E-state index is 0.0127. The van der Waals surface area contributed by atoms with Crippen LogP contribution in [0.3, 0.4) is 0 Å². The second-order valence-electron chi connectivity index (χ2n) is 2.88. The quantitative estimate of drug-likeness (QED) is 0.503. The van der Waals surface area contributed by atoms with Crippen LogP contribution in [0.5, 0.6) is 0 Å². The zero-order valence-corrected chi connectivity index (χ0v) is 6.37. The van der Waals surface area contributed by atoms with Gasteiger partial charge in [-0.3, -0.25) is 4.79 Å². The average molecular weight is 143 g/mol. The largest absolute Gasteiger partial charge is 0.384 e. The lowest BCUT2D eigenvalue weighted by Gasteiger charge is -2.32. The van der Waals surface area contributed by atoms with Crippen LogP contribution in [-0.4, -0.2) is 41.5 Å². The molecule has 0 radical (unpaired) electrons. The number of rotatable bonds is 0. The van der Waals surface area contributed by atoms with Crippen LogP contribution in [0, 0.1) is 0 Å². The van der Waals surface area contributed by atoms with Gasteiger partial charge in [-0.2, -0.15) is 0 Å². The molecular formula is C7H13NO2. The Hall–Kier alpha value is -0.410. The molecule has 1 heterocycles. The monoisotopic (exact) mass is 143 g/mol. The van der Waals surface area contributed by atoms with Gasteiger partial charge >= 0.3 is 0 Å². The first-order chi connectivity index (χ1) is 4.63. The number of ketones is 1. The Morgan fingerprint density at radius 2 is 2.30 bits per heavy atom. The van der Waals surface area contributed by atoms with Gasteiger partial charge in [0.1, 0.15) is 6.10 Å². The molecule has 1 aliphatic rings. The maximum atomic E-state index is 10.9. The number of nitrogens with zero attached hydrogens (tertiary/aromatic N) is 1. The molecule has 0 aromatic rings. The van der Waals surface area contributed by atoms with E-state index >= 15 is 0 Å². The summed E-state index contributed by atoms with van der Waals surface area (Å²) in [7, 11) is 1.92. The molecule has 0 amide bonds. The van der Waals surface area contributed by atoms with Crippen molar-refractivity contribution in [1.82, 2.24) is 4.90 Å². The minimum atomic E-state index is -0.765. The summed E-state index contributed by atoms with van der Waals surface area (Å²) in [6.07, 6.45) is -0.277. The highest BCUT2D eigenvalue weighted by Crippen LogP contribution is 2.11. The molecule has 1 fully saturated rings. The number of piperidine rings is 1. The van der Waals surface area contributed by atoms with E-state index in [9.17, 15) is 9.90 Å². The summed E-state index contributed by atoms with van der Waals surface area (Å²) >= 11 is 0. The van der Waals surface area contributed by atoms with E-state index in [4.69, 9.17) is 0 Å². The van der Waals surface area contributed by atoms with E-state index < -0.39 is 6.10 Å². The third-order valence-corrected chi connectivity index (χ3v) is 2.19. The summed E-state index contributed by atoms with van der Waals surface area (Å²) in [6, 6.07) is -0.0127. The summed E-state index contributed by atoms with van der Waals surface area (Å²) in [6.45, 7) is 2.64. The topological polar surface area (TPSA) is 40.5 Å². The smallest absolute Gasteiger partial charge is 0.164 e. The molecule has 1 aliphatic heterocycles. The van der Waals surface area contributed by atoms with Gasteiger partial charge in [0.05, 0.1) is 0 Å². The van der Waals surface area contributed by atoms with Gasteiger partial charge in [-0.1, -0.05) is 0 Å². The van der Waals surface area contributed by atoms with E-state index in [1.54, 1.807) is 0 Å². The zero-order valence-electron chi connectivity index (χ0n) is 6.37. The minimum Gasteiger partial charge on any atom is -0.384 e. The number of hydrogen-bond acceptors (Lipinski definition) is 3. The van der Waals surface area contributed by atoms with Crippen LogP contribution in [-0.2, 0) is 4.79 Å². The lowest BCUT2D eigenvalue weighted by molar-refractivity contribution is -0.134. The number of carbonyl (C=O) groups excluding carboxylic acids is 1. The van der Waals surface area contributed by atoms with Gasteiger partial charge in [0.2, 0.25) is 0 Å². The summed E-state index contributed by atoms with van der Waals surface area (Å²) in [5.41, 5.74) is 0. The van der Waals surface area contributed by atoms with Gasteiger partial charge in [-0.15, -0.1) is 0 Å². The average Bonchev–Trinajstić information content (AvgIpc) is 1.93. The van der Waals surface area contributed by atoms with Crippen molar-refractivity contribution in [3.8, 4) is 0 Å². The lowest BCUT2D eigenvalue weighted by Crippen LogP contribution is -2.49. The molecule has 0 aromatic heterocycles. The Morgan fingerprint density at radius 3 is 2.80 bits per heavy atom. The SMILES string of the molecule is CC1C(O)C(=O)CCN1C. The predicted octanol–water partition coefficient (Wildman–Crippen LogP) is -0.360. The van der Waals surface area contributed by atoms with E-state index in [1.165, 1.54) is 0 Å². The summed E-state index contributed by atoms with van der Waals surface area (Å²) < 4.78 is 0. The van der Waals surface area contributed by atoms with Crippen molar-refractivity contribution < 1.29 is 9.90 Å². The second-order valence-corrected chi connectivity index (χ2v) is 2.88. The molecule has 58 valence electrons. The summed E-state index contributed by atoms with van der Waals surface area (Å²) in [4.78, 5) is 12.9. The first kappa shape index (κ1) is 7.69. The van der Waals surface area contributed by atoms with E-state index in [-0.39, 0.29) is 11.8 Å². The zero-order chi connectivity index (χ0) is 7.72. The third-order valence-electron chi connectivity index (χ3n) is 2.19. The molecule has 1 rings (SSSR count). The molecule has 3 nitrogen and oxygen atoms in total. The molecule has 10 heavy (non-hydrogen) atoms. The van der Waals surface area contributed by atoms with E-state index in [0.29, 0.717) is 6.42 Å². The van der Waals surface area contributed by atoms with E-state index in [2.05, 4.69) is 0 Å². The first-order valence-corrected chi connectivity index (χ1v) is 3.54. The van der Waals surface area contributed by atoms with Crippen molar-refractivity contribution >= 4 is 5.78 Å². The number of hydrogen-bond donors (Lipinski definition) is 1. The van der Waals surface area contributed by atoms with Crippen molar-refractivity contribution in [2.75, 3.05) is 13.6 Å². The van der Waals surface area contributed by atoms with Gasteiger partial charge in [-0.25, -0.2) is 0 Å². The highest BCUT2D eigenvalue weighted by molar-refractivity contribution is 5.84. The van der Waals surface area contributed by atoms with Gasteiger partial charge < -0.3 is 10.0 Å². The lowest BCUT2D eigenvalue weighted by atomic mass is 10.00. The summed E-state index contributed by atoms with van der Waals surface area (Å²) in [5.74, 6) is -0.0226. The Balaban J connectivity index is 2.60. The van der Waals surface area contributed by atoms with Crippen LogP contribution in [0.1, 0.15) is 13.3 Å². The highest BCUT2D eigenvalue weighted by Gasteiger charge is 2.29. The molecule has 0 saturated carbocycles. The normalized spacial score (nSPS) is 36.5. The predicted molar refractivity (Wildman–Crippen MR) is 37.7 cm³/mol. The number of likely N-dealkylation sites (N-methyl/N-ethyl adjacent to an activating group) is 1. The summed E-state index contributed by atoms with van der Waals surface area (Å²) in [5, 5.41) is 9.23. The molecule has 3 heteroatoms. The molecule has 0 aliphatic carbocycles. The molecule has 0 spiro atoms.